The van der Waals surface area contributed by atoms with E-state index in [0.717, 1.165) is 70.1 Å². The van der Waals surface area contributed by atoms with Crippen molar-refractivity contribution < 1.29 is 18.3 Å². The number of rotatable bonds is 9. The minimum Gasteiger partial charge on any atom is -0.454 e. The summed E-state index contributed by atoms with van der Waals surface area (Å²) in [5.74, 6) is -0.570. The number of aromatic nitrogens is 1. The van der Waals surface area contributed by atoms with E-state index in [-0.39, 0.29) is 12.4 Å². The van der Waals surface area contributed by atoms with Gasteiger partial charge >= 0.3 is 0 Å². The van der Waals surface area contributed by atoms with Crippen molar-refractivity contribution in [1.29, 1.82) is 0 Å². The van der Waals surface area contributed by atoms with Crippen LogP contribution in [0.1, 0.15) is 36.8 Å². The summed E-state index contributed by atoms with van der Waals surface area (Å²) in [6.45, 7) is 8.43. The van der Waals surface area contributed by atoms with Gasteiger partial charge in [0.05, 0.1) is 5.52 Å². The van der Waals surface area contributed by atoms with Gasteiger partial charge in [-0.1, -0.05) is 43.0 Å². The summed E-state index contributed by atoms with van der Waals surface area (Å²) in [7, 11) is 0. The molecule has 0 bridgehead atoms. The molecule has 3 aromatic carbocycles. The Balaban J connectivity index is 1.22. The minimum absolute atomic E-state index is 0.0608. The van der Waals surface area contributed by atoms with Crippen LogP contribution in [0.5, 0.6) is 11.5 Å². The number of ether oxygens (including phenoxy) is 2. The topological polar surface area (TPSA) is 49.9 Å². The molecular weight excluding hydrogens is 546 g/mol. The summed E-state index contributed by atoms with van der Waals surface area (Å²) < 4.78 is 39.3. The van der Waals surface area contributed by atoms with Crippen molar-refractivity contribution in [2.45, 2.75) is 44.2 Å². The first-order chi connectivity index (χ1) is 21.0. The van der Waals surface area contributed by atoms with E-state index in [2.05, 4.69) is 46.0 Å². The van der Waals surface area contributed by atoms with Crippen LogP contribution in [0.25, 0.3) is 22.0 Å². The first kappa shape index (κ1) is 27.7. The van der Waals surface area contributed by atoms with Gasteiger partial charge in [0.15, 0.2) is 11.5 Å². The average Bonchev–Trinajstić information content (AvgIpc) is 3.82. The predicted octanol–water partition coefficient (Wildman–Crippen LogP) is 7.59. The lowest BCUT2D eigenvalue weighted by molar-refractivity contribution is 0.0525. The van der Waals surface area contributed by atoms with Gasteiger partial charge in [0.1, 0.15) is 5.82 Å². The number of allylic oxidation sites excluding steroid dienone is 1. The normalized spacial score (nSPS) is 18.5. The number of pyridine rings is 1. The number of alkyl halides is 2. The molecule has 1 atom stereocenters. The molecule has 1 aromatic heterocycles. The maximum absolute atomic E-state index is 14.1. The fourth-order valence-corrected chi connectivity index (χ4v) is 6.51. The zero-order valence-corrected chi connectivity index (χ0v) is 24.2. The molecule has 2 saturated heterocycles. The lowest BCUT2D eigenvalue weighted by atomic mass is 10.0. The molecule has 0 saturated carbocycles. The quantitative estimate of drug-likeness (QED) is 0.205. The molecule has 6 nitrogen and oxygen atoms in total. The van der Waals surface area contributed by atoms with Crippen LogP contribution in [0.3, 0.4) is 0 Å². The van der Waals surface area contributed by atoms with E-state index in [1.165, 1.54) is 44.5 Å². The summed E-state index contributed by atoms with van der Waals surface area (Å²) >= 11 is 0. The van der Waals surface area contributed by atoms with E-state index < -0.39 is 5.92 Å². The summed E-state index contributed by atoms with van der Waals surface area (Å²) in [6.07, 6.45) is 5.58. The van der Waals surface area contributed by atoms with Crippen LogP contribution in [0.4, 0.5) is 20.3 Å². The van der Waals surface area contributed by atoms with Crippen molar-refractivity contribution in [2.24, 2.45) is 0 Å². The first-order valence-electron chi connectivity index (χ1n) is 15.2. The van der Waals surface area contributed by atoms with E-state index in [0.29, 0.717) is 18.7 Å². The second-order valence-corrected chi connectivity index (χ2v) is 11.7. The molecule has 7 rings (SSSR count). The van der Waals surface area contributed by atoms with Crippen molar-refractivity contribution in [2.75, 3.05) is 43.2 Å². The molecule has 3 aliphatic heterocycles. The zero-order valence-electron chi connectivity index (χ0n) is 24.2. The summed E-state index contributed by atoms with van der Waals surface area (Å²) in [5.41, 5.74) is 4.81. The molecule has 3 aliphatic rings. The molecule has 0 aliphatic carbocycles. The summed E-state index contributed by atoms with van der Waals surface area (Å²) in [5, 5.41) is 4.62. The maximum Gasteiger partial charge on any atom is 0.291 e. The van der Waals surface area contributed by atoms with Crippen molar-refractivity contribution in [3.05, 3.63) is 90.5 Å². The van der Waals surface area contributed by atoms with Gasteiger partial charge < -0.3 is 24.6 Å². The Bertz CT molecular complexity index is 1640. The maximum atomic E-state index is 14.1. The van der Waals surface area contributed by atoms with Crippen molar-refractivity contribution >= 4 is 22.4 Å². The molecule has 0 amide bonds. The summed E-state index contributed by atoms with van der Waals surface area (Å²) in [4.78, 5) is 10.2. The van der Waals surface area contributed by atoms with Gasteiger partial charge in [-0.05, 0) is 85.8 Å². The van der Waals surface area contributed by atoms with Crippen LogP contribution in [0.2, 0.25) is 0 Å². The number of nitrogens with zero attached hydrogens (tertiary/aromatic N) is 3. The third kappa shape index (κ3) is 5.64. The Labute approximate surface area is 250 Å². The number of nitrogens with one attached hydrogen (secondary N) is 1. The van der Waals surface area contributed by atoms with Crippen LogP contribution in [0.15, 0.2) is 79.4 Å². The highest BCUT2D eigenvalue weighted by atomic mass is 19.3. The number of benzene rings is 3. The molecule has 4 aromatic rings. The van der Waals surface area contributed by atoms with Gasteiger partial charge in [-0.3, -0.25) is 0 Å². The number of likely N-dealkylation sites (tertiary alicyclic amines) is 1. The summed E-state index contributed by atoms with van der Waals surface area (Å²) in [6, 6.07) is 21.4. The van der Waals surface area contributed by atoms with Gasteiger partial charge in [-0.15, -0.1) is 0 Å². The van der Waals surface area contributed by atoms with Crippen molar-refractivity contribution in [1.82, 2.24) is 9.88 Å². The lowest BCUT2D eigenvalue weighted by Gasteiger charge is -2.30. The van der Waals surface area contributed by atoms with E-state index in [4.69, 9.17) is 14.5 Å². The van der Waals surface area contributed by atoms with Crippen LogP contribution in [0, 0.1) is 0 Å². The number of hydrogen-bond acceptors (Lipinski definition) is 6. The SMILES string of the molecule is C=CC(F)(F)c1ccc(CNc2cc(N3CCC[C@H]3CN3CCCC3)nc3ccc(-c4ccc5c(c4)OCO5)cc23)cc1. The molecule has 2 fully saturated rings. The molecule has 222 valence electrons. The highest BCUT2D eigenvalue weighted by molar-refractivity contribution is 5.96. The van der Waals surface area contributed by atoms with Crippen LogP contribution in [-0.4, -0.2) is 48.9 Å². The molecule has 0 unspecified atom stereocenters. The zero-order chi connectivity index (χ0) is 29.4. The molecular formula is C35H36F2N4O2. The third-order valence-electron chi connectivity index (χ3n) is 8.92. The van der Waals surface area contributed by atoms with Crippen LogP contribution in [-0.2, 0) is 12.5 Å². The second kappa shape index (κ2) is 11.5. The molecule has 43 heavy (non-hydrogen) atoms. The highest BCUT2D eigenvalue weighted by Crippen LogP contribution is 2.38. The number of anilines is 2. The monoisotopic (exact) mass is 582 g/mol. The van der Waals surface area contributed by atoms with Crippen LogP contribution < -0.4 is 19.7 Å². The fraction of sp³-hybridized carbons (Fsp3) is 0.343. The standard InChI is InChI=1S/C35H36F2N4O2/c1-2-35(36,37)27-11-7-24(8-12-27)21-38-31-20-34(41-17-5-6-28(41)22-40-15-3-4-16-40)39-30-13-9-25(18-29(30)31)26-10-14-32-33(19-26)43-23-42-32/h2,7-14,18-20,28H,1,3-6,15-17,21-23H2,(H,38,39)/t28-/m0/s1. The minimum atomic E-state index is -3.05. The largest absolute Gasteiger partial charge is 0.454 e. The third-order valence-corrected chi connectivity index (χ3v) is 8.92. The van der Waals surface area contributed by atoms with Gasteiger partial charge in [0.25, 0.3) is 5.92 Å². The Morgan fingerprint density at radius 1 is 0.907 bits per heavy atom. The van der Waals surface area contributed by atoms with E-state index in [1.807, 2.05) is 18.2 Å². The lowest BCUT2D eigenvalue weighted by Crippen LogP contribution is -2.39. The van der Waals surface area contributed by atoms with E-state index in [9.17, 15) is 8.78 Å². The Kier molecular flexibility index (Phi) is 7.39. The molecule has 1 N–H and O–H groups in total. The molecule has 0 spiro atoms. The molecule has 8 heteroatoms. The number of halogens is 2. The molecule has 0 radical (unpaired) electrons. The Morgan fingerprint density at radius 3 is 2.49 bits per heavy atom. The second-order valence-electron chi connectivity index (χ2n) is 11.7. The number of hydrogen-bond donors (Lipinski definition) is 1. The van der Waals surface area contributed by atoms with Crippen molar-refractivity contribution in [3.8, 4) is 22.6 Å². The van der Waals surface area contributed by atoms with E-state index >= 15 is 0 Å². The van der Waals surface area contributed by atoms with Gasteiger partial charge in [-0.25, -0.2) is 4.98 Å². The van der Waals surface area contributed by atoms with Crippen LogP contribution >= 0.6 is 0 Å². The van der Waals surface area contributed by atoms with E-state index in [1.54, 1.807) is 12.1 Å². The van der Waals surface area contributed by atoms with Crippen molar-refractivity contribution in [3.63, 3.8) is 0 Å². The highest BCUT2D eigenvalue weighted by Gasteiger charge is 2.29. The van der Waals surface area contributed by atoms with Gasteiger partial charge in [0.2, 0.25) is 6.79 Å². The van der Waals surface area contributed by atoms with Gasteiger partial charge in [-0.2, -0.15) is 8.78 Å². The Hall–Kier alpha value is -4.17. The Morgan fingerprint density at radius 2 is 1.67 bits per heavy atom. The van der Waals surface area contributed by atoms with Gasteiger partial charge in [0, 0.05) is 48.4 Å². The first-order valence-corrected chi connectivity index (χ1v) is 15.2. The molecule has 4 heterocycles. The average molecular weight is 583 g/mol. The smallest absolute Gasteiger partial charge is 0.291 e. The predicted molar refractivity (Wildman–Crippen MR) is 167 cm³/mol. The fourth-order valence-electron chi connectivity index (χ4n) is 6.51. The number of fused-ring (bicyclic) bond motifs is 2.